The van der Waals surface area contributed by atoms with E-state index in [1.165, 1.54) is 0 Å². The van der Waals surface area contributed by atoms with Crippen molar-refractivity contribution in [2.24, 2.45) is 5.73 Å². The minimum absolute atomic E-state index is 0.175. The highest BCUT2D eigenvalue weighted by Gasteiger charge is 2.25. The second kappa shape index (κ2) is 7.55. The summed E-state index contributed by atoms with van der Waals surface area (Å²) in [7, 11) is 0. The van der Waals surface area contributed by atoms with Gasteiger partial charge in [-0.3, -0.25) is 9.59 Å². The Hall–Kier alpha value is -1.67. The summed E-state index contributed by atoms with van der Waals surface area (Å²) in [6.07, 6.45) is 5.36. The third-order valence-electron chi connectivity index (χ3n) is 3.26. The maximum Gasteiger partial charge on any atom is 0.253 e. The van der Waals surface area contributed by atoms with Crippen LogP contribution in [0.1, 0.15) is 12.5 Å². The predicted octanol–water partition coefficient (Wildman–Crippen LogP) is 1.65. The number of carbonyl (C=O) groups is 2. The number of nitrogens with one attached hydrogen (secondary N) is 1. The van der Waals surface area contributed by atoms with E-state index in [0.717, 1.165) is 11.1 Å². The first-order chi connectivity index (χ1) is 10.5. The number of nitrogens with two attached hydrogens (primary N) is 1. The zero-order valence-electron chi connectivity index (χ0n) is 12.2. The fourth-order valence-corrected chi connectivity index (χ4v) is 2.56. The standard InChI is InChI=1S/C16H18IN3O2/c1-11(18)15(21)19-14-8-7-13(9-20(10-17)16(14)22)12-5-3-2-4-6-12/h2-9,11,14H,10,18H2,1H3,(H,19,21). The van der Waals surface area contributed by atoms with Crippen LogP contribution in [0.3, 0.4) is 0 Å². The molecule has 0 radical (unpaired) electrons. The third kappa shape index (κ3) is 3.95. The van der Waals surface area contributed by atoms with Gasteiger partial charge in [0, 0.05) is 6.20 Å². The molecule has 0 spiro atoms. The molecule has 22 heavy (non-hydrogen) atoms. The third-order valence-corrected chi connectivity index (χ3v) is 3.99. The van der Waals surface area contributed by atoms with Gasteiger partial charge in [0.05, 0.1) is 10.6 Å². The van der Waals surface area contributed by atoms with Crippen LogP contribution in [0.15, 0.2) is 48.7 Å². The van der Waals surface area contributed by atoms with Crippen LogP contribution in [0.2, 0.25) is 0 Å². The average molecular weight is 411 g/mol. The second-order valence-corrected chi connectivity index (χ2v) is 5.69. The van der Waals surface area contributed by atoms with Crippen LogP contribution in [-0.4, -0.2) is 33.3 Å². The van der Waals surface area contributed by atoms with Gasteiger partial charge >= 0.3 is 0 Å². The Labute approximate surface area is 143 Å². The summed E-state index contributed by atoms with van der Waals surface area (Å²) in [5.74, 6) is -0.523. The molecule has 1 aromatic rings. The van der Waals surface area contributed by atoms with E-state index >= 15 is 0 Å². The number of amides is 2. The van der Waals surface area contributed by atoms with E-state index in [2.05, 4.69) is 27.9 Å². The molecule has 0 bridgehead atoms. The van der Waals surface area contributed by atoms with E-state index < -0.39 is 12.1 Å². The van der Waals surface area contributed by atoms with Crippen molar-refractivity contribution in [1.29, 1.82) is 0 Å². The van der Waals surface area contributed by atoms with Gasteiger partial charge in [-0.25, -0.2) is 0 Å². The molecule has 2 rings (SSSR count). The number of halogens is 1. The highest BCUT2D eigenvalue weighted by atomic mass is 127. The van der Waals surface area contributed by atoms with Crippen LogP contribution in [0, 0.1) is 0 Å². The van der Waals surface area contributed by atoms with E-state index in [1.807, 2.05) is 36.4 Å². The molecule has 2 atom stereocenters. The highest BCUT2D eigenvalue weighted by molar-refractivity contribution is 14.1. The molecule has 1 aromatic carbocycles. The van der Waals surface area contributed by atoms with Gasteiger partial charge in [0.25, 0.3) is 5.91 Å². The molecule has 2 unspecified atom stereocenters. The Bertz CT molecular complexity index is 611. The molecular formula is C16H18IN3O2. The van der Waals surface area contributed by atoms with Crippen molar-refractivity contribution in [1.82, 2.24) is 10.2 Å². The number of hydrogen-bond acceptors (Lipinski definition) is 3. The average Bonchev–Trinajstić information content (AvgIpc) is 2.68. The zero-order chi connectivity index (χ0) is 16.1. The number of nitrogens with zero attached hydrogens (tertiary/aromatic N) is 1. The number of rotatable bonds is 4. The number of allylic oxidation sites excluding steroid dienone is 2. The van der Waals surface area contributed by atoms with Gasteiger partial charge in [0.15, 0.2) is 0 Å². The summed E-state index contributed by atoms with van der Waals surface area (Å²) in [5.41, 5.74) is 7.48. The summed E-state index contributed by atoms with van der Waals surface area (Å²) in [5, 5.41) is 2.67. The van der Waals surface area contributed by atoms with Gasteiger partial charge in [0.1, 0.15) is 6.04 Å². The fraction of sp³-hybridized carbons (Fsp3) is 0.250. The minimum atomic E-state index is -0.703. The Balaban J connectivity index is 2.29. The number of hydrogen-bond donors (Lipinski definition) is 2. The summed E-state index contributed by atoms with van der Waals surface area (Å²) in [4.78, 5) is 25.8. The number of alkyl halides is 1. The van der Waals surface area contributed by atoms with Crippen molar-refractivity contribution in [2.75, 3.05) is 4.55 Å². The normalized spacial score (nSPS) is 19.4. The molecule has 0 saturated carbocycles. The summed E-state index contributed by atoms with van der Waals surface area (Å²) >= 11 is 2.12. The van der Waals surface area contributed by atoms with Crippen molar-refractivity contribution >= 4 is 40.0 Å². The maximum absolute atomic E-state index is 12.5. The van der Waals surface area contributed by atoms with Crippen LogP contribution in [-0.2, 0) is 9.59 Å². The van der Waals surface area contributed by atoms with Gasteiger partial charge in [-0.2, -0.15) is 0 Å². The van der Waals surface area contributed by atoms with E-state index in [9.17, 15) is 9.59 Å². The van der Waals surface area contributed by atoms with Crippen LogP contribution in [0.5, 0.6) is 0 Å². The molecular weight excluding hydrogens is 393 g/mol. The summed E-state index contributed by atoms with van der Waals surface area (Å²) in [6, 6.07) is 8.43. The molecule has 116 valence electrons. The lowest BCUT2D eigenvalue weighted by Gasteiger charge is -2.21. The van der Waals surface area contributed by atoms with Gasteiger partial charge in [-0.15, -0.1) is 0 Å². The molecule has 0 fully saturated rings. The summed E-state index contributed by atoms with van der Waals surface area (Å²) < 4.78 is 0.499. The number of benzene rings is 1. The fourth-order valence-electron chi connectivity index (χ4n) is 2.02. The minimum Gasteiger partial charge on any atom is -0.340 e. The van der Waals surface area contributed by atoms with E-state index in [0.29, 0.717) is 4.55 Å². The molecule has 0 aliphatic carbocycles. The van der Waals surface area contributed by atoms with Gasteiger partial charge in [-0.05, 0) is 18.1 Å². The van der Waals surface area contributed by atoms with Crippen molar-refractivity contribution in [3.05, 3.63) is 54.2 Å². The quantitative estimate of drug-likeness (QED) is 0.450. The Morgan fingerprint density at radius 3 is 2.68 bits per heavy atom. The van der Waals surface area contributed by atoms with Crippen molar-refractivity contribution in [3.8, 4) is 0 Å². The lowest BCUT2D eigenvalue weighted by Crippen LogP contribution is -2.49. The molecule has 1 aliphatic heterocycles. The molecule has 1 heterocycles. The van der Waals surface area contributed by atoms with Crippen LogP contribution < -0.4 is 11.1 Å². The first-order valence-electron chi connectivity index (χ1n) is 6.90. The first kappa shape index (κ1) is 16.7. The Morgan fingerprint density at radius 2 is 2.09 bits per heavy atom. The zero-order valence-corrected chi connectivity index (χ0v) is 14.4. The first-order valence-corrected chi connectivity index (χ1v) is 8.43. The van der Waals surface area contributed by atoms with Crippen molar-refractivity contribution in [2.45, 2.75) is 19.0 Å². The lowest BCUT2D eigenvalue weighted by molar-refractivity contribution is -0.132. The summed E-state index contributed by atoms with van der Waals surface area (Å²) in [6.45, 7) is 1.59. The van der Waals surface area contributed by atoms with E-state index in [4.69, 9.17) is 5.73 Å². The van der Waals surface area contributed by atoms with Gasteiger partial charge in [0.2, 0.25) is 5.91 Å². The van der Waals surface area contributed by atoms with Crippen LogP contribution in [0.25, 0.3) is 5.57 Å². The molecule has 5 nitrogen and oxygen atoms in total. The monoisotopic (exact) mass is 411 g/mol. The Morgan fingerprint density at radius 1 is 1.41 bits per heavy atom. The smallest absolute Gasteiger partial charge is 0.253 e. The molecule has 2 amide bonds. The highest BCUT2D eigenvalue weighted by Crippen LogP contribution is 2.20. The Kier molecular flexibility index (Phi) is 5.73. The second-order valence-electron chi connectivity index (χ2n) is 5.01. The SMILES string of the molecule is CC(N)C(=O)NC1C=CC(c2ccccc2)=CN(CI)C1=O. The molecule has 1 aliphatic rings. The van der Waals surface area contributed by atoms with Gasteiger partial charge < -0.3 is 16.0 Å². The molecule has 6 heteroatoms. The largest absolute Gasteiger partial charge is 0.340 e. The van der Waals surface area contributed by atoms with E-state index in [-0.39, 0.29) is 11.8 Å². The molecule has 0 saturated heterocycles. The van der Waals surface area contributed by atoms with Gasteiger partial charge in [-0.1, -0.05) is 65.1 Å². The van der Waals surface area contributed by atoms with E-state index in [1.54, 1.807) is 24.1 Å². The van der Waals surface area contributed by atoms with Crippen LogP contribution in [0.4, 0.5) is 0 Å². The molecule has 3 N–H and O–H groups in total. The maximum atomic E-state index is 12.5. The van der Waals surface area contributed by atoms with Crippen molar-refractivity contribution in [3.63, 3.8) is 0 Å². The molecule has 0 aromatic heterocycles. The lowest BCUT2D eigenvalue weighted by atomic mass is 10.1. The van der Waals surface area contributed by atoms with Crippen molar-refractivity contribution < 1.29 is 9.59 Å². The topological polar surface area (TPSA) is 75.4 Å². The van der Waals surface area contributed by atoms with Crippen LogP contribution >= 0.6 is 22.6 Å². The number of carbonyl (C=O) groups excluding carboxylic acids is 2. The predicted molar refractivity (Wildman–Crippen MR) is 94.9 cm³/mol.